The van der Waals surface area contributed by atoms with E-state index in [-0.39, 0.29) is 5.71 Å². The number of aromatic nitrogens is 2. The number of nitrogens with zero attached hydrogens (tertiary/aromatic N) is 4. The van der Waals surface area contributed by atoms with Crippen LogP contribution in [0.4, 0.5) is 5.69 Å². The fourth-order valence-corrected chi connectivity index (χ4v) is 1.25. The van der Waals surface area contributed by atoms with Crippen LogP contribution in [-0.2, 0) is 0 Å². The first-order valence-corrected chi connectivity index (χ1v) is 5.03. The van der Waals surface area contributed by atoms with Gasteiger partial charge in [0.05, 0.1) is 5.69 Å². The highest BCUT2D eigenvalue weighted by atomic mass is 16.5. The molecular formula is C11H6N6O2. The number of hydrazone groups is 1. The van der Waals surface area contributed by atoms with Crippen LogP contribution in [0.3, 0.4) is 0 Å². The molecule has 0 atom stereocenters. The standard InChI is InChI=1S/C11H6N6O2/c12-5-9(6-13)16-15-8-3-1-7(2-4-8)10-14-11(18)19-17-10/h1-4,15H,(H,14,17,18). The summed E-state index contributed by atoms with van der Waals surface area (Å²) in [6, 6.07) is 9.90. The van der Waals surface area contributed by atoms with Crippen LogP contribution in [0.15, 0.2) is 38.7 Å². The molecule has 19 heavy (non-hydrogen) atoms. The topological polar surface area (TPSA) is 131 Å². The van der Waals surface area contributed by atoms with Gasteiger partial charge in [-0.2, -0.15) is 15.6 Å². The molecule has 0 aliphatic carbocycles. The Balaban J connectivity index is 2.16. The summed E-state index contributed by atoms with van der Waals surface area (Å²) < 4.78 is 4.39. The van der Waals surface area contributed by atoms with Gasteiger partial charge in [-0.1, -0.05) is 5.16 Å². The Labute approximate surface area is 106 Å². The lowest BCUT2D eigenvalue weighted by atomic mass is 10.2. The maximum absolute atomic E-state index is 10.8. The predicted molar refractivity (Wildman–Crippen MR) is 64.8 cm³/mol. The number of benzene rings is 1. The zero-order chi connectivity index (χ0) is 13.7. The van der Waals surface area contributed by atoms with E-state index in [1.54, 1.807) is 36.4 Å². The summed E-state index contributed by atoms with van der Waals surface area (Å²) >= 11 is 0. The van der Waals surface area contributed by atoms with Crippen LogP contribution in [-0.4, -0.2) is 15.9 Å². The van der Waals surface area contributed by atoms with Gasteiger partial charge in [0, 0.05) is 5.56 Å². The Kier molecular flexibility index (Phi) is 3.36. The number of hydrogen-bond acceptors (Lipinski definition) is 7. The fraction of sp³-hybridized carbons (Fsp3) is 0. The third kappa shape index (κ3) is 2.84. The summed E-state index contributed by atoms with van der Waals surface area (Å²) in [5, 5.41) is 24.1. The van der Waals surface area contributed by atoms with E-state index in [0.29, 0.717) is 17.1 Å². The smallest absolute Gasteiger partial charge is 0.296 e. The number of H-pyrrole nitrogens is 1. The van der Waals surface area contributed by atoms with Gasteiger partial charge in [-0.3, -0.25) is 14.9 Å². The van der Waals surface area contributed by atoms with E-state index in [9.17, 15) is 4.79 Å². The van der Waals surface area contributed by atoms with Gasteiger partial charge in [-0.15, -0.1) is 0 Å². The molecule has 1 aromatic carbocycles. The van der Waals surface area contributed by atoms with Crippen molar-refractivity contribution in [2.45, 2.75) is 0 Å². The molecule has 0 saturated heterocycles. The lowest BCUT2D eigenvalue weighted by Gasteiger charge is -2.00. The third-order valence-electron chi connectivity index (χ3n) is 2.11. The van der Waals surface area contributed by atoms with Crippen LogP contribution in [0, 0.1) is 22.7 Å². The summed E-state index contributed by atoms with van der Waals surface area (Å²) in [6.45, 7) is 0. The van der Waals surface area contributed by atoms with E-state index in [4.69, 9.17) is 10.5 Å². The number of anilines is 1. The Morgan fingerprint density at radius 1 is 1.32 bits per heavy atom. The summed E-state index contributed by atoms with van der Waals surface area (Å²) in [4.78, 5) is 13.2. The lowest BCUT2D eigenvalue weighted by Crippen LogP contribution is -1.96. The van der Waals surface area contributed by atoms with E-state index in [0.717, 1.165) is 0 Å². The van der Waals surface area contributed by atoms with E-state index < -0.39 is 5.76 Å². The second kappa shape index (κ2) is 5.29. The highest BCUT2D eigenvalue weighted by molar-refractivity contribution is 6.10. The summed E-state index contributed by atoms with van der Waals surface area (Å²) in [5.41, 5.74) is 3.52. The number of rotatable bonds is 3. The van der Waals surface area contributed by atoms with Gasteiger partial charge in [0.25, 0.3) is 0 Å². The molecule has 0 aliphatic heterocycles. The Bertz CT molecular complexity index is 725. The van der Waals surface area contributed by atoms with Gasteiger partial charge in [0.15, 0.2) is 5.82 Å². The molecule has 2 aromatic rings. The molecule has 2 rings (SSSR count). The molecule has 0 amide bonds. The zero-order valence-corrected chi connectivity index (χ0v) is 9.41. The number of hydrogen-bond donors (Lipinski definition) is 2. The minimum atomic E-state index is -0.630. The quantitative estimate of drug-likeness (QED) is 0.616. The number of nitrogens with one attached hydrogen (secondary N) is 2. The van der Waals surface area contributed by atoms with Crippen molar-refractivity contribution in [2.24, 2.45) is 5.10 Å². The molecule has 92 valence electrons. The van der Waals surface area contributed by atoms with Crippen LogP contribution in [0.2, 0.25) is 0 Å². The second-order valence-electron chi connectivity index (χ2n) is 3.32. The molecular weight excluding hydrogens is 248 g/mol. The molecule has 0 unspecified atom stereocenters. The number of aromatic amines is 1. The normalized spacial score (nSPS) is 9.16. The summed E-state index contributed by atoms with van der Waals surface area (Å²) in [5.74, 6) is -0.315. The van der Waals surface area contributed by atoms with E-state index in [2.05, 4.69) is 25.2 Å². The van der Waals surface area contributed by atoms with Crippen molar-refractivity contribution in [3.8, 4) is 23.5 Å². The molecule has 1 aromatic heterocycles. The first-order valence-electron chi connectivity index (χ1n) is 5.03. The highest BCUT2D eigenvalue weighted by Crippen LogP contribution is 2.16. The van der Waals surface area contributed by atoms with Crippen molar-refractivity contribution in [3.63, 3.8) is 0 Å². The van der Waals surface area contributed by atoms with Crippen LogP contribution < -0.4 is 11.2 Å². The maximum atomic E-state index is 10.8. The molecule has 0 aliphatic rings. The van der Waals surface area contributed by atoms with Crippen molar-refractivity contribution in [3.05, 3.63) is 34.8 Å². The minimum absolute atomic E-state index is 0.273. The molecule has 2 N–H and O–H groups in total. The maximum Gasteiger partial charge on any atom is 0.439 e. The molecule has 8 nitrogen and oxygen atoms in total. The number of nitriles is 2. The van der Waals surface area contributed by atoms with E-state index >= 15 is 0 Å². The van der Waals surface area contributed by atoms with Gasteiger partial charge in [-0.05, 0) is 24.3 Å². The Hall–Kier alpha value is -3.39. The van der Waals surface area contributed by atoms with E-state index in [1.807, 2.05) is 0 Å². The predicted octanol–water partition coefficient (Wildman–Crippen LogP) is 0.845. The van der Waals surface area contributed by atoms with E-state index in [1.165, 1.54) is 0 Å². The van der Waals surface area contributed by atoms with Crippen LogP contribution in [0.5, 0.6) is 0 Å². The lowest BCUT2D eigenvalue weighted by molar-refractivity contribution is 0.388. The average Bonchev–Trinajstić information content (AvgIpc) is 2.87. The second-order valence-corrected chi connectivity index (χ2v) is 3.32. The van der Waals surface area contributed by atoms with Gasteiger partial charge in [0.2, 0.25) is 5.71 Å². The van der Waals surface area contributed by atoms with Crippen molar-refractivity contribution >= 4 is 11.4 Å². The van der Waals surface area contributed by atoms with Crippen molar-refractivity contribution < 1.29 is 4.52 Å². The molecule has 1 heterocycles. The van der Waals surface area contributed by atoms with Gasteiger partial charge in [0.1, 0.15) is 12.1 Å². The minimum Gasteiger partial charge on any atom is -0.296 e. The average molecular weight is 254 g/mol. The molecule has 0 spiro atoms. The van der Waals surface area contributed by atoms with Gasteiger partial charge in [-0.25, -0.2) is 4.79 Å². The molecule has 0 radical (unpaired) electrons. The third-order valence-corrected chi connectivity index (χ3v) is 2.11. The van der Waals surface area contributed by atoms with Crippen molar-refractivity contribution in [2.75, 3.05) is 5.43 Å². The monoisotopic (exact) mass is 254 g/mol. The van der Waals surface area contributed by atoms with Gasteiger partial charge < -0.3 is 0 Å². The highest BCUT2D eigenvalue weighted by Gasteiger charge is 2.03. The Morgan fingerprint density at radius 2 is 2.00 bits per heavy atom. The zero-order valence-electron chi connectivity index (χ0n) is 9.41. The largest absolute Gasteiger partial charge is 0.439 e. The molecule has 0 fully saturated rings. The molecule has 0 bridgehead atoms. The van der Waals surface area contributed by atoms with Crippen molar-refractivity contribution in [1.82, 2.24) is 10.1 Å². The Morgan fingerprint density at radius 3 is 2.53 bits per heavy atom. The first kappa shape index (κ1) is 12.1. The molecule has 0 saturated carbocycles. The first-order chi connectivity index (χ1) is 9.22. The SMILES string of the molecule is N#CC(C#N)=NNc1ccc(-c2noc(=O)[nH]2)cc1. The fourth-order valence-electron chi connectivity index (χ4n) is 1.25. The summed E-state index contributed by atoms with van der Waals surface area (Å²) in [7, 11) is 0. The summed E-state index contributed by atoms with van der Waals surface area (Å²) in [6.07, 6.45) is 0. The van der Waals surface area contributed by atoms with Crippen LogP contribution in [0.25, 0.3) is 11.4 Å². The molecule has 8 heteroatoms. The van der Waals surface area contributed by atoms with Crippen LogP contribution >= 0.6 is 0 Å². The van der Waals surface area contributed by atoms with Crippen LogP contribution in [0.1, 0.15) is 0 Å². The van der Waals surface area contributed by atoms with Crippen molar-refractivity contribution in [1.29, 1.82) is 10.5 Å². The van der Waals surface area contributed by atoms with Gasteiger partial charge >= 0.3 is 5.76 Å².